The Kier molecular flexibility index (Phi) is 3.74. The first-order valence-corrected chi connectivity index (χ1v) is 7.17. The van der Waals surface area contributed by atoms with Crippen LogP contribution in [0.25, 0.3) is 5.82 Å². The molecular weight excluding hydrogens is 288 g/mol. The molecular formula is C14H12N4O2S. The van der Waals surface area contributed by atoms with Crippen LogP contribution >= 0.6 is 11.3 Å². The smallest absolute Gasteiger partial charge is 0.340 e. The Bertz CT molecular complexity index is 708. The lowest BCUT2D eigenvalue weighted by Gasteiger charge is -2.10. The van der Waals surface area contributed by atoms with Crippen LogP contribution in [0, 0.1) is 0 Å². The van der Waals surface area contributed by atoms with Crippen molar-refractivity contribution >= 4 is 17.3 Å². The van der Waals surface area contributed by atoms with Gasteiger partial charge in [-0.3, -0.25) is 4.57 Å². The summed E-state index contributed by atoms with van der Waals surface area (Å²) in [6.07, 6.45) is 7.90. The van der Waals surface area contributed by atoms with Crippen molar-refractivity contribution < 1.29 is 9.53 Å². The van der Waals surface area contributed by atoms with Crippen LogP contribution in [0.15, 0.2) is 48.6 Å². The standard InChI is InChI=1S/C14H12N4O2S/c1-10(13-16-5-7-21-13)20-14(19)11-2-3-12(17-8-11)18-6-4-15-9-18/h2-10H,1H3. The molecule has 0 aliphatic heterocycles. The van der Waals surface area contributed by atoms with Crippen molar-refractivity contribution in [1.82, 2.24) is 19.5 Å². The topological polar surface area (TPSA) is 69.9 Å². The lowest BCUT2D eigenvalue weighted by Crippen LogP contribution is -2.09. The number of pyridine rings is 1. The van der Waals surface area contributed by atoms with Crippen LogP contribution in [0.1, 0.15) is 28.4 Å². The van der Waals surface area contributed by atoms with Gasteiger partial charge in [0.05, 0.1) is 5.56 Å². The average Bonchev–Trinajstić information content (AvgIpc) is 3.20. The van der Waals surface area contributed by atoms with E-state index in [0.29, 0.717) is 11.4 Å². The number of nitrogens with zero attached hydrogens (tertiary/aromatic N) is 4. The van der Waals surface area contributed by atoms with Gasteiger partial charge in [0, 0.05) is 30.2 Å². The second-order valence-corrected chi connectivity index (χ2v) is 5.22. The Morgan fingerprint density at radius 1 is 1.33 bits per heavy atom. The summed E-state index contributed by atoms with van der Waals surface area (Å²) in [5, 5.41) is 2.62. The van der Waals surface area contributed by atoms with E-state index in [1.807, 2.05) is 5.38 Å². The third-order valence-electron chi connectivity index (χ3n) is 2.84. The van der Waals surface area contributed by atoms with E-state index in [-0.39, 0.29) is 6.10 Å². The minimum Gasteiger partial charge on any atom is -0.452 e. The number of carbonyl (C=O) groups is 1. The number of imidazole rings is 1. The molecule has 6 nitrogen and oxygen atoms in total. The summed E-state index contributed by atoms with van der Waals surface area (Å²) < 4.78 is 7.12. The normalized spacial score (nSPS) is 12.0. The summed E-state index contributed by atoms with van der Waals surface area (Å²) in [5.74, 6) is 0.277. The minimum absolute atomic E-state index is 0.370. The number of esters is 1. The highest BCUT2D eigenvalue weighted by Crippen LogP contribution is 2.20. The molecule has 0 aliphatic carbocycles. The predicted molar refractivity (Wildman–Crippen MR) is 77.3 cm³/mol. The van der Waals surface area contributed by atoms with Crippen molar-refractivity contribution in [1.29, 1.82) is 0 Å². The molecule has 106 valence electrons. The van der Waals surface area contributed by atoms with E-state index in [9.17, 15) is 4.79 Å². The van der Waals surface area contributed by atoms with Crippen molar-refractivity contribution in [3.63, 3.8) is 0 Å². The van der Waals surface area contributed by atoms with Crippen LogP contribution in [0.3, 0.4) is 0 Å². The molecule has 0 radical (unpaired) electrons. The van der Waals surface area contributed by atoms with Crippen LogP contribution in [-0.2, 0) is 4.74 Å². The highest BCUT2D eigenvalue weighted by Gasteiger charge is 2.15. The Morgan fingerprint density at radius 3 is 2.86 bits per heavy atom. The molecule has 7 heteroatoms. The van der Waals surface area contributed by atoms with E-state index in [4.69, 9.17) is 4.74 Å². The van der Waals surface area contributed by atoms with Crippen LogP contribution in [0.4, 0.5) is 0 Å². The average molecular weight is 300 g/mol. The molecule has 0 aliphatic rings. The lowest BCUT2D eigenvalue weighted by molar-refractivity contribution is 0.0337. The Hall–Kier alpha value is -2.54. The van der Waals surface area contributed by atoms with Gasteiger partial charge in [-0.15, -0.1) is 11.3 Å². The predicted octanol–water partition coefficient (Wildman–Crippen LogP) is 2.64. The zero-order chi connectivity index (χ0) is 14.7. The quantitative estimate of drug-likeness (QED) is 0.693. The third kappa shape index (κ3) is 2.97. The molecule has 3 aromatic rings. The number of rotatable bonds is 4. The van der Waals surface area contributed by atoms with Crippen molar-refractivity contribution in [2.24, 2.45) is 0 Å². The van der Waals surface area contributed by atoms with Crippen molar-refractivity contribution in [3.8, 4) is 5.82 Å². The van der Waals surface area contributed by atoms with Crippen LogP contribution in [-0.4, -0.2) is 25.5 Å². The molecule has 0 spiro atoms. The highest BCUT2D eigenvalue weighted by molar-refractivity contribution is 7.09. The van der Waals surface area contributed by atoms with Gasteiger partial charge >= 0.3 is 5.97 Å². The molecule has 0 N–H and O–H groups in total. The fourth-order valence-electron chi connectivity index (χ4n) is 1.77. The van der Waals surface area contributed by atoms with Gasteiger partial charge in [0.15, 0.2) is 6.10 Å². The fraction of sp³-hybridized carbons (Fsp3) is 0.143. The molecule has 21 heavy (non-hydrogen) atoms. The number of carbonyl (C=O) groups excluding carboxylic acids is 1. The summed E-state index contributed by atoms with van der Waals surface area (Å²) >= 11 is 1.45. The molecule has 0 amide bonds. The molecule has 0 fully saturated rings. The molecule has 3 aromatic heterocycles. The van der Waals surface area contributed by atoms with Gasteiger partial charge in [-0.05, 0) is 19.1 Å². The number of thiazole rings is 1. The number of aromatic nitrogens is 4. The first-order valence-electron chi connectivity index (χ1n) is 6.29. The molecule has 3 rings (SSSR count). The summed E-state index contributed by atoms with van der Waals surface area (Å²) in [7, 11) is 0. The van der Waals surface area contributed by atoms with Crippen LogP contribution in [0.2, 0.25) is 0 Å². The van der Waals surface area contributed by atoms with Crippen LogP contribution < -0.4 is 0 Å². The minimum atomic E-state index is -0.414. The van der Waals surface area contributed by atoms with Gasteiger partial charge in [-0.1, -0.05) is 0 Å². The molecule has 0 aromatic carbocycles. The molecule has 3 heterocycles. The largest absolute Gasteiger partial charge is 0.452 e. The number of ether oxygens (including phenoxy) is 1. The first kappa shape index (κ1) is 13.4. The number of hydrogen-bond acceptors (Lipinski definition) is 6. The maximum Gasteiger partial charge on any atom is 0.340 e. The summed E-state index contributed by atoms with van der Waals surface area (Å²) in [5.41, 5.74) is 0.405. The zero-order valence-corrected chi connectivity index (χ0v) is 12.0. The van der Waals surface area contributed by atoms with Crippen LogP contribution in [0.5, 0.6) is 0 Å². The molecule has 0 bridgehead atoms. The van der Waals surface area contributed by atoms with Crippen molar-refractivity contribution in [2.75, 3.05) is 0 Å². The summed E-state index contributed by atoms with van der Waals surface area (Å²) in [6, 6.07) is 3.42. The summed E-state index contributed by atoms with van der Waals surface area (Å²) in [6.45, 7) is 1.80. The fourth-order valence-corrected chi connectivity index (χ4v) is 2.39. The molecule has 1 atom stereocenters. The van der Waals surface area contributed by atoms with Gasteiger partial charge < -0.3 is 4.74 Å². The van der Waals surface area contributed by atoms with E-state index in [1.54, 1.807) is 48.5 Å². The second-order valence-electron chi connectivity index (χ2n) is 4.29. The Labute approximate surface area is 125 Å². The summed E-state index contributed by atoms with van der Waals surface area (Å²) in [4.78, 5) is 24.3. The highest BCUT2D eigenvalue weighted by atomic mass is 32.1. The van der Waals surface area contributed by atoms with Gasteiger partial charge in [0.2, 0.25) is 0 Å². The molecule has 0 saturated carbocycles. The Balaban J connectivity index is 1.70. The Morgan fingerprint density at radius 2 is 2.24 bits per heavy atom. The van der Waals surface area contributed by atoms with Gasteiger partial charge in [0.1, 0.15) is 17.2 Å². The van der Waals surface area contributed by atoms with E-state index in [1.165, 1.54) is 17.5 Å². The molecule has 0 saturated heterocycles. The van der Waals surface area contributed by atoms with Crippen molar-refractivity contribution in [3.05, 3.63) is 59.2 Å². The van der Waals surface area contributed by atoms with Gasteiger partial charge in [-0.2, -0.15) is 0 Å². The monoisotopic (exact) mass is 300 g/mol. The maximum absolute atomic E-state index is 12.0. The third-order valence-corrected chi connectivity index (χ3v) is 3.77. The van der Waals surface area contributed by atoms with E-state index < -0.39 is 5.97 Å². The van der Waals surface area contributed by atoms with Gasteiger partial charge in [-0.25, -0.2) is 19.7 Å². The lowest BCUT2D eigenvalue weighted by atomic mass is 10.3. The van der Waals surface area contributed by atoms with Crippen molar-refractivity contribution in [2.45, 2.75) is 13.0 Å². The van der Waals surface area contributed by atoms with E-state index >= 15 is 0 Å². The number of hydrogen-bond donors (Lipinski definition) is 0. The van der Waals surface area contributed by atoms with Gasteiger partial charge in [0.25, 0.3) is 0 Å². The van der Waals surface area contributed by atoms with E-state index in [2.05, 4.69) is 15.0 Å². The first-order chi connectivity index (χ1) is 10.2. The maximum atomic E-state index is 12.0. The molecule has 1 unspecified atom stereocenters. The second kappa shape index (κ2) is 5.84. The van der Waals surface area contributed by atoms with E-state index in [0.717, 1.165) is 5.01 Å². The zero-order valence-electron chi connectivity index (χ0n) is 11.2. The SMILES string of the molecule is CC(OC(=O)c1ccc(-n2ccnc2)nc1)c1nccs1.